The predicted molar refractivity (Wildman–Crippen MR) is 82.2 cm³/mol. The molecular formula is C14H9Cl3N2. The molecule has 3 rings (SSSR count). The van der Waals surface area contributed by atoms with Gasteiger partial charge in [0.1, 0.15) is 5.15 Å². The lowest BCUT2D eigenvalue weighted by molar-refractivity contribution is 1.23. The topological polar surface area (TPSA) is 25.8 Å². The summed E-state index contributed by atoms with van der Waals surface area (Å²) in [5.74, 6) is 0.584. The van der Waals surface area contributed by atoms with Crippen molar-refractivity contribution in [2.24, 2.45) is 0 Å². The first-order chi connectivity index (χ1) is 8.74. The summed E-state index contributed by atoms with van der Waals surface area (Å²) in [6.45, 7) is 0. The van der Waals surface area contributed by atoms with Crippen molar-refractivity contribution in [1.82, 2.24) is 9.97 Å². The summed E-state index contributed by atoms with van der Waals surface area (Å²) in [6.07, 6.45) is 0. The number of hydrogen-bond donors (Lipinski definition) is 0. The molecule has 3 aromatic rings. The molecule has 0 aliphatic rings. The highest BCUT2D eigenvalue weighted by Gasteiger charge is 2.07. The molecule has 0 N–H and O–H groups in total. The molecule has 0 radical (unpaired) electrons. The second-order valence-electron chi connectivity index (χ2n) is 3.87. The fraction of sp³-hybridized carbons (Fsp3) is 0. The van der Waals surface area contributed by atoms with Crippen molar-refractivity contribution < 1.29 is 0 Å². The first-order valence-electron chi connectivity index (χ1n) is 5.42. The van der Waals surface area contributed by atoms with Crippen LogP contribution in [0.1, 0.15) is 0 Å². The Balaban J connectivity index is 0.00000133. The molecule has 0 amide bonds. The molecule has 1 heterocycles. The van der Waals surface area contributed by atoms with Gasteiger partial charge in [-0.05, 0) is 24.3 Å². The van der Waals surface area contributed by atoms with Crippen molar-refractivity contribution in [3.8, 4) is 11.4 Å². The molecule has 0 aliphatic carbocycles. The van der Waals surface area contributed by atoms with Gasteiger partial charge >= 0.3 is 0 Å². The molecule has 0 bridgehead atoms. The molecule has 0 spiro atoms. The van der Waals surface area contributed by atoms with Gasteiger partial charge in [-0.25, -0.2) is 9.97 Å². The van der Waals surface area contributed by atoms with E-state index in [9.17, 15) is 0 Å². The molecule has 0 atom stereocenters. The van der Waals surface area contributed by atoms with Crippen molar-refractivity contribution in [2.45, 2.75) is 0 Å². The van der Waals surface area contributed by atoms with Crippen molar-refractivity contribution in [3.05, 3.63) is 58.7 Å². The van der Waals surface area contributed by atoms with E-state index in [2.05, 4.69) is 9.97 Å². The third kappa shape index (κ3) is 2.81. The zero-order valence-corrected chi connectivity index (χ0v) is 12.0. The minimum atomic E-state index is 0. The lowest BCUT2D eigenvalue weighted by Crippen LogP contribution is -1.91. The second-order valence-corrected chi connectivity index (χ2v) is 4.66. The van der Waals surface area contributed by atoms with Crippen LogP contribution in [0.3, 0.4) is 0 Å². The zero-order chi connectivity index (χ0) is 12.5. The molecule has 0 saturated heterocycles. The first-order valence-corrected chi connectivity index (χ1v) is 6.18. The van der Waals surface area contributed by atoms with Crippen molar-refractivity contribution in [1.29, 1.82) is 0 Å². The average Bonchev–Trinajstić information content (AvgIpc) is 2.39. The number of para-hydroxylation sites is 1. The summed E-state index contributed by atoms with van der Waals surface area (Å²) in [4.78, 5) is 8.80. The molecule has 0 unspecified atom stereocenters. The minimum Gasteiger partial charge on any atom is -0.228 e. The Kier molecular flexibility index (Phi) is 4.25. The number of halogens is 3. The van der Waals surface area contributed by atoms with Gasteiger partial charge in [-0.15, -0.1) is 12.4 Å². The number of nitrogens with zero attached hydrogens (tertiary/aromatic N) is 2. The molecular weight excluding hydrogens is 303 g/mol. The van der Waals surface area contributed by atoms with Crippen molar-refractivity contribution in [2.75, 3.05) is 0 Å². The van der Waals surface area contributed by atoms with Crippen LogP contribution in [-0.4, -0.2) is 9.97 Å². The Bertz CT molecular complexity index is 729. The van der Waals surface area contributed by atoms with Gasteiger partial charge in [0, 0.05) is 16.0 Å². The van der Waals surface area contributed by atoms with Crippen LogP contribution in [0.4, 0.5) is 0 Å². The highest BCUT2D eigenvalue weighted by Crippen LogP contribution is 2.25. The summed E-state index contributed by atoms with van der Waals surface area (Å²) >= 11 is 12.1. The molecule has 0 fully saturated rings. The van der Waals surface area contributed by atoms with E-state index in [-0.39, 0.29) is 12.4 Å². The number of rotatable bonds is 1. The van der Waals surface area contributed by atoms with Gasteiger partial charge in [-0.3, -0.25) is 0 Å². The largest absolute Gasteiger partial charge is 0.228 e. The van der Waals surface area contributed by atoms with E-state index in [1.807, 2.05) is 48.5 Å². The van der Waals surface area contributed by atoms with Gasteiger partial charge in [0.05, 0.1) is 5.52 Å². The number of aromatic nitrogens is 2. The Hall–Kier alpha value is -1.35. The van der Waals surface area contributed by atoms with E-state index in [4.69, 9.17) is 23.2 Å². The third-order valence-corrected chi connectivity index (χ3v) is 3.16. The average molecular weight is 312 g/mol. The second kappa shape index (κ2) is 5.74. The van der Waals surface area contributed by atoms with Crippen molar-refractivity contribution >= 4 is 46.5 Å². The van der Waals surface area contributed by atoms with E-state index in [1.54, 1.807) is 0 Å². The molecule has 0 aliphatic heterocycles. The van der Waals surface area contributed by atoms with Crippen LogP contribution < -0.4 is 0 Å². The van der Waals surface area contributed by atoms with Crippen LogP contribution in [-0.2, 0) is 0 Å². The van der Waals surface area contributed by atoms with Crippen LogP contribution >= 0.6 is 35.6 Å². The highest BCUT2D eigenvalue weighted by atomic mass is 35.5. The Morgan fingerprint density at radius 1 is 0.842 bits per heavy atom. The van der Waals surface area contributed by atoms with Gasteiger partial charge in [0.25, 0.3) is 0 Å². The first kappa shape index (κ1) is 14.1. The van der Waals surface area contributed by atoms with E-state index >= 15 is 0 Å². The van der Waals surface area contributed by atoms with Gasteiger partial charge < -0.3 is 0 Å². The smallest absolute Gasteiger partial charge is 0.161 e. The van der Waals surface area contributed by atoms with E-state index in [1.165, 1.54) is 0 Å². The Morgan fingerprint density at radius 2 is 1.63 bits per heavy atom. The maximum atomic E-state index is 6.17. The number of benzene rings is 2. The zero-order valence-electron chi connectivity index (χ0n) is 9.68. The van der Waals surface area contributed by atoms with Crippen LogP contribution in [0.15, 0.2) is 48.5 Å². The number of fused-ring (bicyclic) bond motifs is 1. The molecule has 0 saturated carbocycles. The van der Waals surface area contributed by atoms with E-state index in [0.717, 1.165) is 16.5 Å². The van der Waals surface area contributed by atoms with Gasteiger partial charge in [0.15, 0.2) is 5.82 Å². The summed E-state index contributed by atoms with van der Waals surface area (Å²) in [5, 5.41) is 1.96. The van der Waals surface area contributed by atoms with Gasteiger partial charge in [-0.1, -0.05) is 47.5 Å². The molecule has 1 aromatic heterocycles. The summed E-state index contributed by atoms with van der Waals surface area (Å²) < 4.78 is 0. The molecule has 96 valence electrons. The highest BCUT2D eigenvalue weighted by molar-refractivity contribution is 6.34. The maximum Gasteiger partial charge on any atom is 0.161 e. The third-order valence-electron chi connectivity index (χ3n) is 2.64. The van der Waals surface area contributed by atoms with E-state index < -0.39 is 0 Å². The SMILES string of the molecule is Cl.Clc1cccc(-c2nc(Cl)c3ccccc3n2)c1. The lowest BCUT2D eigenvalue weighted by atomic mass is 10.2. The van der Waals surface area contributed by atoms with E-state index in [0.29, 0.717) is 16.0 Å². The normalized spacial score (nSPS) is 10.2. The van der Waals surface area contributed by atoms with Gasteiger partial charge in [0.2, 0.25) is 0 Å². The summed E-state index contributed by atoms with van der Waals surface area (Å²) in [6, 6.07) is 15.1. The van der Waals surface area contributed by atoms with Gasteiger partial charge in [-0.2, -0.15) is 0 Å². The quantitative estimate of drug-likeness (QED) is 0.589. The molecule has 2 aromatic carbocycles. The number of hydrogen-bond acceptors (Lipinski definition) is 2. The van der Waals surface area contributed by atoms with Crippen LogP contribution in [0.5, 0.6) is 0 Å². The summed E-state index contributed by atoms with van der Waals surface area (Å²) in [5.41, 5.74) is 1.68. The fourth-order valence-corrected chi connectivity index (χ4v) is 2.22. The Labute approximate surface area is 126 Å². The predicted octanol–water partition coefficient (Wildman–Crippen LogP) is 5.03. The van der Waals surface area contributed by atoms with Crippen LogP contribution in [0.25, 0.3) is 22.3 Å². The molecule has 5 heteroatoms. The lowest BCUT2D eigenvalue weighted by Gasteiger charge is -2.04. The Morgan fingerprint density at radius 3 is 2.42 bits per heavy atom. The minimum absolute atomic E-state index is 0. The maximum absolute atomic E-state index is 6.17. The fourth-order valence-electron chi connectivity index (χ4n) is 1.79. The van der Waals surface area contributed by atoms with Crippen LogP contribution in [0.2, 0.25) is 10.2 Å². The standard InChI is InChI=1S/C14H8Cl2N2.ClH/c15-10-5-3-4-9(8-10)14-17-12-7-2-1-6-11(12)13(16)18-14;/h1-8H;1H. The molecule has 19 heavy (non-hydrogen) atoms. The van der Waals surface area contributed by atoms with Crippen molar-refractivity contribution in [3.63, 3.8) is 0 Å². The van der Waals surface area contributed by atoms with Crippen LogP contribution in [0, 0.1) is 0 Å². The molecule has 2 nitrogen and oxygen atoms in total. The summed E-state index contributed by atoms with van der Waals surface area (Å²) in [7, 11) is 0. The monoisotopic (exact) mass is 310 g/mol.